The number of aliphatic imine (C=N–C) groups is 1. The minimum Gasteiger partial charge on any atom is -0.388 e. The number of nitrogens with two attached hydrogens (primary N) is 1. The summed E-state index contributed by atoms with van der Waals surface area (Å²) in [6.45, 7) is 1.80. The first-order valence-corrected chi connectivity index (χ1v) is 4.29. The Bertz CT molecular complexity index is 335. The highest BCUT2D eigenvalue weighted by Crippen LogP contribution is 2.13. The predicted molar refractivity (Wildman–Crippen MR) is 53.5 cm³/mol. The second-order valence-corrected chi connectivity index (χ2v) is 3.05. The molecule has 0 bridgehead atoms. The molecular weight excluding hydrogens is 182 g/mol. The smallest absolute Gasteiger partial charge is 0.123 e. The van der Waals surface area contributed by atoms with Crippen LogP contribution in [0.25, 0.3) is 0 Å². The summed E-state index contributed by atoms with van der Waals surface area (Å²) in [5.74, 6) is 0.0375. The van der Waals surface area contributed by atoms with Gasteiger partial charge in [0.25, 0.3) is 0 Å². The van der Waals surface area contributed by atoms with Crippen LogP contribution in [-0.2, 0) is 0 Å². The summed E-state index contributed by atoms with van der Waals surface area (Å²) in [6, 6.07) is 5.81. The van der Waals surface area contributed by atoms with Crippen LogP contribution < -0.4 is 5.73 Å². The molecule has 1 atom stereocenters. The maximum atomic E-state index is 12.8. The lowest BCUT2D eigenvalue weighted by Gasteiger charge is -2.07. The molecule has 3 N–H and O–H groups in total. The summed E-state index contributed by atoms with van der Waals surface area (Å²) in [5.41, 5.74) is 5.82. The van der Waals surface area contributed by atoms with E-state index in [2.05, 4.69) is 4.99 Å². The van der Waals surface area contributed by atoms with Crippen molar-refractivity contribution in [3.05, 3.63) is 35.6 Å². The summed E-state index contributed by atoms with van der Waals surface area (Å²) >= 11 is 0. The van der Waals surface area contributed by atoms with Crippen molar-refractivity contribution in [1.29, 1.82) is 0 Å². The second kappa shape index (κ2) is 4.72. The lowest BCUT2D eigenvalue weighted by molar-refractivity contribution is 0.187. The molecule has 0 aliphatic heterocycles. The lowest BCUT2D eigenvalue weighted by atomic mass is 10.1. The van der Waals surface area contributed by atoms with Crippen molar-refractivity contribution in [3.8, 4) is 0 Å². The monoisotopic (exact) mass is 195 g/mol. The van der Waals surface area contributed by atoms with E-state index in [-0.39, 0.29) is 12.4 Å². The number of nitrogens with zero attached hydrogens (tertiary/aromatic N) is 1. The van der Waals surface area contributed by atoms with Gasteiger partial charge in [-0.25, -0.2) is 4.39 Å². The number of hydrogen-bond donors (Lipinski definition) is 2. The topological polar surface area (TPSA) is 58.6 Å². The van der Waals surface area contributed by atoms with Crippen LogP contribution in [0.1, 0.15) is 18.6 Å². The zero-order valence-corrected chi connectivity index (χ0v) is 7.94. The van der Waals surface area contributed by atoms with Crippen LogP contribution in [0.2, 0.25) is 0 Å². The van der Waals surface area contributed by atoms with Crippen molar-refractivity contribution in [2.45, 2.75) is 13.0 Å². The van der Waals surface area contributed by atoms with Gasteiger partial charge in [-0.3, -0.25) is 4.99 Å². The van der Waals surface area contributed by atoms with Gasteiger partial charge in [-0.2, -0.15) is 0 Å². The molecule has 0 aliphatic carbocycles. The lowest BCUT2D eigenvalue weighted by Crippen LogP contribution is -2.09. The normalized spacial score (nSPS) is 14.1. The van der Waals surface area contributed by atoms with E-state index in [1.165, 1.54) is 12.1 Å². The fraction of sp³-hybridized carbons (Fsp3) is 0.300. The first-order chi connectivity index (χ1) is 6.59. The largest absolute Gasteiger partial charge is 0.388 e. The Balaban J connectivity index is 2.69. The van der Waals surface area contributed by atoms with Crippen LogP contribution in [0, 0.1) is 5.82 Å². The fourth-order valence-electron chi connectivity index (χ4n) is 1.05. The number of aliphatic hydroxyl groups excluding tert-OH is 1. The molecule has 0 spiro atoms. The molecule has 1 aromatic rings. The zero-order chi connectivity index (χ0) is 10.6. The molecule has 4 heteroatoms. The Hall–Kier alpha value is -1.42. The molecule has 14 heavy (non-hydrogen) atoms. The Morgan fingerprint density at radius 3 is 2.93 bits per heavy atom. The fourth-order valence-corrected chi connectivity index (χ4v) is 1.05. The zero-order valence-electron chi connectivity index (χ0n) is 7.94. The molecule has 0 saturated heterocycles. The highest BCUT2D eigenvalue weighted by atomic mass is 18.2. The van der Waals surface area contributed by atoms with Crippen molar-refractivity contribution in [2.75, 3.05) is 6.54 Å². The molecule has 0 heterocycles. The van der Waals surface area contributed by atoms with Gasteiger partial charge in [0.05, 0.1) is 18.5 Å². The summed E-state index contributed by atoms with van der Waals surface area (Å²) in [6.07, 6.45) is -0.802. The maximum absolute atomic E-state index is 12.8. The molecule has 0 aromatic heterocycles. The molecule has 76 valence electrons. The van der Waals surface area contributed by atoms with Crippen molar-refractivity contribution in [3.63, 3.8) is 0 Å². The van der Waals surface area contributed by atoms with E-state index in [0.29, 0.717) is 11.4 Å². The van der Waals surface area contributed by atoms with E-state index in [4.69, 9.17) is 5.73 Å². The predicted octanol–water partition coefficient (Wildman–Crippen LogP) is 1.24. The Morgan fingerprint density at radius 1 is 1.64 bits per heavy atom. The molecule has 0 fully saturated rings. The van der Waals surface area contributed by atoms with Crippen LogP contribution in [0.3, 0.4) is 0 Å². The molecule has 1 rings (SSSR count). The molecule has 1 aromatic carbocycles. The standard InChI is InChI=1S/C10H13FN2O/c1-7(12)13-6-10(14)8-3-2-4-9(11)5-8/h2-5,10,14H,6H2,1H3,(H2,12,13)/t10-/m0/s1/i11-1. The number of amidine groups is 1. The average Bonchev–Trinajstić information content (AvgIpc) is 2.14. The average molecular weight is 195 g/mol. The molecule has 0 saturated carbocycles. The number of aliphatic hydroxyl groups is 1. The van der Waals surface area contributed by atoms with Crippen LogP contribution in [0.15, 0.2) is 29.3 Å². The van der Waals surface area contributed by atoms with Crippen molar-refractivity contribution in [2.24, 2.45) is 10.7 Å². The van der Waals surface area contributed by atoms with Crippen molar-refractivity contribution in [1.82, 2.24) is 0 Å². The molecular formula is C10H13FN2O. The van der Waals surface area contributed by atoms with Crippen LogP contribution in [-0.4, -0.2) is 17.5 Å². The van der Waals surface area contributed by atoms with Gasteiger partial charge in [0, 0.05) is 0 Å². The van der Waals surface area contributed by atoms with E-state index in [0.717, 1.165) is 0 Å². The SMILES string of the molecule is CC(N)=NC[C@H](O)c1cccc([18F])c1. The van der Waals surface area contributed by atoms with E-state index < -0.39 is 6.10 Å². The van der Waals surface area contributed by atoms with Gasteiger partial charge in [0.2, 0.25) is 0 Å². The van der Waals surface area contributed by atoms with E-state index in [1.807, 2.05) is 0 Å². The van der Waals surface area contributed by atoms with Gasteiger partial charge in [-0.05, 0) is 24.6 Å². The van der Waals surface area contributed by atoms with Gasteiger partial charge in [0.15, 0.2) is 0 Å². The van der Waals surface area contributed by atoms with Crippen LogP contribution in [0.5, 0.6) is 0 Å². The van der Waals surface area contributed by atoms with Crippen LogP contribution in [0.4, 0.5) is 4.39 Å². The molecule has 0 radical (unpaired) electrons. The third-order valence-corrected chi connectivity index (χ3v) is 1.75. The number of benzene rings is 1. The Morgan fingerprint density at radius 2 is 2.36 bits per heavy atom. The summed E-state index contributed by atoms with van der Waals surface area (Å²) < 4.78 is 12.8. The number of rotatable bonds is 3. The summed E-state index contributed by atoms with van der Waals surface area (Å²) in [4.78, 5) is 3.85. The highest BCUT2D eigenvalue weighted by Gasteiger charge is 2.06. The summed E-state index contributed by atoms with van der Waals surface area (Å²) in [7, 11) is 0. The van der Waals surface area contributed by atoms with Gasteiger partial charge in [0.1, 0.15) is 5.82 Å². The molecule has 0 unspecified atom stereocenters. The Labute approximate surface area is 82.1 Å². The summed E-state index contributed by atoms with van der Waals surface area (Å²) in [5, 5.41) is 9.56. The number of hydrogen-bond acceptors (Lipinski definition) is 2. The first kappa shape index (κ1) is 10.7. The van der Waals surface area contributed by atoms with E-state index in [1.54, 1.807) is 19.1 Å². The maximum Gasteiger partial charge on any atom is 0.123 e. The minimum atomic E-state index is -0.802. The van der Waals surface area contributed by atoms with Gasteiger partial charge >= 0.3 is 0 Å². The minimum absolute atomic E-state index is 0.159. The molecule has 3 nitrogen and oxygen atoms in total. The van der Waals surface area contributed by atoms with Gasteiger partial charge < -0.3 is 10.8 Å². The van der Waals surface area contributed by atoms with Gasteiger partial charge in [-0.1, -0.05) is 12.1 Å². The Kier molecular flexibility index (Phi) is 3.59. The second-order valence-electron chi connectivity index (χ2n) is 3.05. The third kappa shape index (κ3) is 3.14. The highest BCUT2D eigenvalue weighted by molar-refractivity contribution is 5.77. The van der Waals surface area contributed by atoms with Crippen molar-refractivity contribution >= 4 is 5.84 Å². The quantitative estimate of drug-likeness (QED) is 0.563. The van der Waals surface area contributed by atoms with E-state index in [9.17, 15) is 9.50 Å². The number of halogens is 1. The van der Waals surface area contributed by atoms with Gasteiger partial charge in [-0.15, -0.1) is 0 Å². The van der Waals surface area contributed by atoms with E-state index >= 15 is 0 Å². The first-order valence-electron chi connectivity index (χ1n) is 4.29. The third-order valence-electron chi connectivity index (χ3n) is 1.75. The van der Waals surface area contributed by atoms with Crippen molar-refractivity contribution < 1.29 is 9.50 Å². The molecule has 0 amide bonds. The van der Waals surface area contributed by atoms with Crippen LogP contribution >= 0.6 is 0 Å². The molecule has 0 aliphatic rings.